The Morgan fingerprint density at radius 3 is 1.12 bits per heavy atom. The van der Waals surface area contributed by atoms with Crippen molar-refractivity contribution in [2.45, 2.75) is 91.9 Å². The summed E-state index contributed by atoms with van der Waals surface area (Å²) in [6.07, 6.45) is 12.1. The summed E-state index contributed by atoms with van der Waals surface area (Å²) in [5, 5.41) is 7.49. The van der Waals surface area contributed by atoms with Gasteiger partial charge >= 0.3 is 0 Å². The van der Waals surface area contributed by atoms with Crippen LogP contribution in [0, 0.1) is 13.8 Å². The van der Waals surface area contributed by atoms with Crippen LogP contribution in [0.25, 0.3) is 44.5 Å². The molecule has 0 amide bonds. The van der Waals surface area contributed by atoms with E-state index in [0.717, 1.165) is 35.6 Å². The predicted octanol–water partition coefficient (Wildman–Crippen LogP) is 16.7. The molecule has 0 saturated carbocycles. The Kier molecular flexibility index (Phi) is 13.9. The van der Waals surface area contributed by atoms with Crippen LogP contribution in [-0.2, 0) is 12.8 Å². The van der Waals surface area contributed by atoms with E-state index in [4.69, 9.17) is 0 Å². The van der Waals surface area contributed by atoms with Crippen molar-refractivity contribution in [3.8, 4) is 44.5 Å². The third kappa shape index (κ3) is 10.4. The lowest BCUT2D eigenvalue weighted by atomic mass is 9.86. The van der Waals surface area contributed by atoms with Gasteiger partial charge in [0.15, 0.2) is 0 Å². The molecule has 7 aromatic rings. The fraction of sp³-hybridized carbons (Fsp3) is 0.250. The van der Waals surface area contributed by atoms with E-state index in [2.05, 4.69) is 196 Å². The average Bonchev–Trinajstić information content (AvgIpc) is 3.25. The predicted molar refractivity (Wildman–Crippen MR) is 253 cm³/mol. The van der Waals surface area contributed by atoms with Crippen LogP contribution < -0.4 is 10.6 Å². The normalized spacial score (nSPS) is 11.1. The van der Waals surface area contributed by atoms with Gasteiger partial charge in [0.25, 0.3) is 0 Å². The minimum Gasteiger partial charge on any atom is -0.356 e. The van der Waals surface area contributed by atoms with Gasteiger partial charge in [-0.05, 0) is 155 Å². The maximum Gasteiger partial charge on any atom is 0.0390 e. The molecule has 58 heavy (non-hydrogen) atoms. The van der Waals surface area contributed by atoms with Crippen molar-refractivity contribution in [3.63, 3.8) is 0 Å². The van der Waals surface area contributed by atoms with E-state index in [0.29, 0.717) is 0 Å². The molecule has 2 nitrogen and oxygen atoms in total. The SMILES string of the molecule is CCCCCCc1cc(-c2cccc(Nc3ccc(-c4ccccc4)c(C)c3)c2)c(CCCCCC)cc1-c1cccc(Nc2ccc(-c3ccccc3)c(C)c2)c1. The van der Waals surface area contributed by atoms with Gasteiger partial charge < -0.3 is 10.6 Å². The maximum atomic E-state index is 3.75. The van der Waals surface area contributed by atoms with Crippen molar-refractivity contribution in [1.29, 1.82) is 0 Å². The van der Waals surface area contributed by atoms with Gasteiger partial charge in [0, 0.05) is 22.7 Å². The third-order valence-corrected chi connectivity index (χ3v) is 11.5. The molecule has 2 N–H and O–H groups in total. The molecule has 0 aliphatic rings. The highest BCUT2D eigenvalue weighted by Crippen LogP contribution is 2.38. The van der Waals surface area contributed by atoms with Crippen LogP contribution in [0.4, 0.5) is 22.7 Å². The van der Waals surface area contributed by atoms with Gasteiger partial charge in [-0.2, -0.15) is 0 Å². The van der Waals surface area contributed by atoms with Crippen LogP contribution in [0.15, 0.2) is 158 Å². The highest BCUT2D eigenvalue weighted by atomic mass is 14.9. The molecule has 0 aliphatic heterocycles. The molecule has 0 bridgehead atoms. The second kappa shape index (κ2) is 20.0. The topological polar surface area (TPSA) is 24.1 Å². The first kappa shape index (κ1) is 40.3. The lowest BCUT2D eigenvalue weighted by Gasteiger charge is -2.19. The largest absolute Gasteiger partial charge is 0.356 e. The molecule has 0 spiro atoms. The molecule has 0 aliphatic carbocycles. The first-order valence-electron chi connectivity index (χ1n) is 21.7. The summed E-state index contributed by atoms with van der Waals surface area (Å²) < 4.78 is 0. The summed E-state index contributed by atoms with van der Waals surface area (Å²) in [5.41, 5.74) is 20.2. The fourth-order valence-corrected chi connectivity index (χ4v) is 8.35. The maximum absolute atomic E-state index is 3.75. The number of anilines is 4. The number of nitrogens with one attached hydrogen (secondary N) is 2. The number of rotatable bonds is 18. The van der Waals surface area contributed by atoms with Crippen LogP contribution in [0.3, 0.4) is 0 Å². The molecule has 7 rings (SSSR count). The Morgan fingerprint density at radius 1 is 0.328 bits per heavy atom. The van der Waals surface area contributed by atoms with E-state index < -0.39 is 0 Å². The van der Waals surface area contributed by atoms with E-state index in [9.17, 15) is 0 Å². The minimum atomic E-state index is 1.07. The number of unbranched alkanes of at least 4 members (excludes halogenated alkanes) is 6. The van der Waals surface area contributed by atoms with E-state index >= 15 is 0 Å². The highest BCUT2D eigenvalue weighted by molar-refractivity contribution is 5.81. The van der Waals surface area contributed by atoms with Crippen LogP contribution in [0.1, 0.15) is 87.5 Å². The van der Waals surface area contributed by atoms with Crippen molar-refractivity contribution >= 4 is 22.7 Å². The Bertz CT molecular complexity index is 2220. The van der Waals surface area contributed by atoms with Gasteiger partial charge in [0.2, 0.25) is 0 Å². The van der Waals surface area contributed by atoms with Gasteiger partial charge in [-0.3, -0.25) is 0 Å². The molecule has 0 fully saturated rings. The van der Waals surface area contributed by atoms with Crippen LogP contribution in [0.2, 0.25) is 0 Å². The second-order valence-corrected chi connectivity index (χ2v) is 16.0. The van der Waals surface area contributed by atoms with Crippen molar-refractivity contribution in [3.05, 3.63) is 180 Å². The lowest BCUT2D eigenvalue weighted by Crippen LogP contribution is -2.00. The first-order valence-corrected chi connectivity index (χ1v) is 21.7. The van der Waals surface area contributed by atoms with Crippen molar-refractivity contribution < 1.29 is 0 Å². The molecular formula is C56H60N2. The molecular weight excluding hydrogens is 701 g/mol. The number of aryl methyl sites for hydroxylation is 4. The molecule has 7 aromatic carbocycles. The number of hydrogen-bond acceptors (Lipinski definition) is 2. The van der Waals surface area contributed by atoms with Crippen LogP contribution in [0.5, 0.6) is 0 Å². The van der Waals surface area contributed by atoms with Crippen LogP contribution >= 0.6 is 0 Å². The molecule has 0 aromatic heterocycles. The molecule has 0 heterocycles. The van der Waals surface area contributed by atoms with Gasteiger partial charge in [0.05, 0.1) is 0 Å². The number of benzene rings is 7. The summed E-state index contributed by atoms with van der Waals surface area (Å²) in [6, 6.07) is 57.9. The monoisotopic (exact) mass is 760 g/mol. The van der Waals surface area contributed by atoms with E-state index in [-0.39, 0.29) is 0 Å². The Labute approximate surface area is 348 Å². The zero-order valence-electron chi connectivity index (χ0n) is 35.1. The fourth-order valence-electron chi connectivity index (χ4n) is 8.35. The zero-order valence-corrected chi connectivity index (χ0v) is 35.1. The van der Waals surface area contributed by atoms with Crippen molar-refractivity contribution in [2.75, 3.05) is 10.6 Å². The molecule has 0 unspecified atom stereocenters. The minimum absolute atomic E-state index is 1.07. The summed E-state index contributed by atoms with van der Waals surface area (Å²) in [5.74, 6) is 0. The Hall–Kier alpha value is -5.86. The van der Waals surface area contributed by atoms with Crippen molar-refractivity contribution in [2.24, 2.45) is 0 Å². The van der Waals surface area contributed by atoms with Crippen molar-refractivity contribution in [1.82, 2.24) is 0 Å². The number of hydrogen-bond donors (Lipinski definition) is 2. The summed E-state index contributed by atoms with van der Waals surface area (Å²) in [4.78, 5) is 0. The molecule has 2 heteroatoms. The third-order valence-electron chi connectivity index (χ3n) is 11.5. The summed E-state index contributed by atoms with van der Waals surface area (Å²) in [6.45, 7) is 9.00. The van der Waals surface area contributed by atoms with E-state index in [1.54, 1.807) is 0 Å². The second-order valence-electron chi connectivity index (χ2n) is 16.0. The highest BCUT2D eigenvalue weighted by Gasteiger charge is 2.15. The zero-order chi connectivity index (χ0) is 40.1. The molecule has 0 saturated heterocycles. The quantitative estimate of drug-likeness (QED) is 0.0851. The van der Waals surface area contributed by atoms with E-state index in [1.165, 1.54) is 118 Å². The van der Waals surface area contributed by atoms with Gasteiger partial charge in [-0.1, -0.05) is 162 Å². The summed E-state index contributed by atoms with van der Waals surface area (Å²) in [7, 11) is 0. The lowest BCUT2D eigenvalue weighted by molar-refractivity contribution is 0.664. The standard InChI is InChI=1S/C56H60N2/c1-5-7-9-13-25-47-39-56(46-28-20-30-50(38-46)58-52-32-34-54(42(4)36-52)44-23-17-12-18-24-44)48(26-14-10-8-6-2)40-55(47)45-27-19-29-49(37-45)57-51-31-33-53(41(3)35-51)43-21-15-11-16-22-43/h11-12,15-24,27-40,57-58H,5-10,13-14,25-26H2,1-4H3. The van der Waals surface area contributed by atoms with Gasteiger partial charge in [-0.15, -0.1) is 0 Å². The smallest absolute Gasteiger partial charge is 0.0390 e. The van der Waals surface area contributed by atoms with Gasteiger partial charge in [0.1, 0.15) is 0 Å². The average molecular weight is 761 g/mol. The molecule has 0 radical (unpaired) electrons. The molecule has 294 valence electrons. The van der Waals surface area contributed by atoms with E-state index in [1.807, 2.05) is 0 Å². The first-order chi connectivity index (χ1) is 28.5. The Balaban J connectivity index is 1.21. The van der Waals surface area contributed by atoms with Gasteiger partial charge in [-0.25, -0.2) is 0 Å². The summed E-state index contributed by atoms with van der Waals surface area (Å²) >= 11 is 0. The Morgan fingerprint density at radius 2 is 0.724 bits per heavy atom. The molecule has 0 atom stereocenters. The van der Waals surface area contributed by atoms with Crippen LogP contribution in [-0.4, -0.2) is 0 Å².